The van der Waals surface area contributed by atoms with E-state index in [2.05, 4.69) is 188 Å². The lowest BCUT2D eigenvalue weighted by Gasteiger charge is -2.26. The molecular weight excluding hydrogens is 695 g/mol. The first-order valence-electron chi connectivity index (χ1n) is 19.6. The SMILES string of the molecule is Cc1ccc2c(c1)c1cc(N(c3ccc(-c4ccc5c(c4)C(C)(C)c4ccccc4-5)cc3)c3ccc(-c4nc5ccccc5o4)cc3)ccc1n2-c1ccccc1. The Labute approximate surface area is 331 Å². The molecule has 272 valence electrons. The van der Waals surface area contributed by atoms with Crippen molar-refractivity contribution < 1.29 is 4.42 Å². The average Bonchev–Trinajstić information content (AvgIpc) is 3.90. The van der Waals surface area contributed by atoms with Crippen LogP contribution in [0.25, 0.3) is 72.3 Å². The lowest BCUT2D eigenvalue weighted by Crippen LogP contribution is -2.14. The fourth-order valence-electron chi connectivity index (χ4n) is 9.00. The summed E-state index contributed by atoms with van der Waals surface area (Å²) in [5, 5.41) is 2.44. The summed E-state index contributed by atoms with van der Waals surface area (Å²) in [4.78, 5) is 7.12. The molecule has 0 atom stereocenters. The second-order valence-electron chi connectivity index (χ2n) is 15.7. The summed E-state index contributed by atoms with van der Waals surface area (Å²) >= 11 is 0. The largest absolute Gasteiger partial charge is 0.436 e. The minimum absolute atomic E-state index is 0.0520. The predicted molar refractivity (Wildman–Crippen MR) is 236 cm³/mol. The van der Waals surface area contributed by atoms with E-state index in [1.807, 2.05) is 24.3 Å². The van der Waals surface area contributed by atoms with Gasteiger partial charge in [-0.05, 0) is 137 Å². The smallest absolute Gasteiger partial charge is 0.227 e. The van der Waals surface area contributed by atoms with Crippen molar-refractivity contribution in [2.75, 3.05) is 4.90 Å². The molecule has 8 aromatic carbocycles. The van der Waals surface area contributed by atoms with Crippen molar-refractivity contribution in [1.29, 1.82) is 0 Å². The maximum Gasteiger partial charge on any atom is 0.227 e. The highest BCUT2D eigenvalue weighted by molar-refractivity contribution is 6.11. The van der Waals surface area contributed by atoms with E-state index in [1.165, 1.54) is 60.8 Å². The average molecular weight is 734 g/mol. The van der Waals surface area contributed by atoms with Gasteiger partial charge in [-0.25, -0.2) is 4.98 Å². The quantitative estimate of drug-likeness (QED) is 0.171. The van der Waals surface area contributed by atoms with E-state index in [4.69, 9.17) is 9.40 Å². The van der Waals surface area contributed by atoms with Crippen LogP contribution in [0.15, 0.2) is 186 Å². The van der Waals surface area contributed by atoms with Gasteiger partial charge in [0.25, 0.3) is 0 Å². The summed E-state index contributed by atoms with van der Waals surface area (Å²) in [6, 6.07) is 65.5. The van der Waals surface area contributed by atoms with E-state index in [0.717, 1.165) is 39.4 Å². The van der Waals surface area contributed by atoms with Crippen LogP contribution < -0.4 is 4.90 Å². The Balaban J connectivity index is 1.03. The maximum absolute atomic E-state index is 6.15. The van der Waals surface area contributed by atoms with Crippen LogP contribution in [0, 0.1) is 6.92 Å². The Kier molecular flexibility index (Phi) is 7.39. The van der Waals surface area contributed by atoms with Gasteiger partial charge in [-0.1, -0.05) is 104 Å². The highest BCUT2D eigenvalue weighted by Crippen LogP contribution is 2.50. The molecule has 0 amide bonds. The number of anilines is 3. The lowest BCUT2D eigenvalue weighted by atomic mass is 9.81. The van der Waals surface area contributed by atoms with E-state index in [-0.39, 0.29) is 5.41 Å². The summed E-state index contributed by atoms with van der Waals surface area (Å²) in [5.74, 6) is 0.616. The topological polar surface area (TPSA) is 34.2 Å². The summed E-state index contributed by atoms with van der Waals surface area (Å²) in [5.41, 5.74) is 18.3. The molecule has 11 rings (SSSR count). The molecule has 1 aliphatic rings. The first-order chi connectivity index (χ1) is 27.9. The predicted octanol–water partition coefficient (Wildman–Crippen LogP) is 14.3. The Morgan fingerprint density at radius 1 is 0.509 bits per heavy atom. The van der Waals surface area contributed by atoms with Crippen LogP contribution in [0.2, 0.25) is 0 Å². The van der Waals surface area contributed by atoms with E-state index < -0.39 is 0 Å². The molecule has 0 bridgehead atoms. The lowest BCUT2D eigenvalue weighted by molar-refractivity contribution is 0.620. The van der Waals surface area contributed by atoms with Gasteiger partial charge in [0.1, 0.15) is 5.52 Å². The van der Waals surface area contributed by atoms with Crippen LogP contribution in [0.5, 0.6) is 0 Å². The number of aryl methyl sites for hydroxylation is 1. The van der Waals surface area contributed by atoms with Crippen molar-refractivity contribution >= 4 is 50.0 Å². The van der Waals surface area contributed by atoms with Crippen LogP contribution in [0.1, 0.15) is 30.5 Å². The number of hydrogen-bond donors (Lipinski definition) is 0. The molecule has 0 radical (unpaired) electrons. The van der Waals surface area contributed by atoms with Crippen molar-refractivity contribution in [3.8, 4) is 39.4 Å². The van der Waals surface area contributed by atoms with Crippen molar-refractivity contribution in [3.05, 3.63) is 199 Å². The van der Waals surface area contributed by atoms with Crippen molar-refractivity contribution in [2.45, 2.75) is 26.2 Å². The first kappa shape index (κ1) is 33.2. The van der Waals surface area contributed by atoms with Crippen LogP contribution in [0.3, 0.4) is 0 Å². The van der Waals surface area contributed by atoms with Gasteiger partial charge in [-0.2, -0.15) is 0 Å². The molecule has 10 aromatic rings. The van der Waals surface area contributed by atoms with Crippen LogP contribution in [-0.4, -0.2) is 9.55 Å². The van der Waals surface area contributed by atoms with Gasteiger partial charge >= 0.3 is 0 Å². The number of nitrogens with zero attached hydrogens (tertiary/aromatic N) is 3. The first-order valence-corrected chi connectivity index (χ1v) is 19.6. The summed E-state index contributed by atoms with van der Waals surface area (Å²) < 4.78 is 8.52. The molecule has 2 aromatic heterocycles. The van der Waals surface area contributed by atoms with Gasteiger partial charge in [-0.3, -0.25) is 0 Å². The standard InChI is InChI=1S/C53H39N3O/c1-34-17-29-49-44(31-34)45-33-41(27-30-50(45)56(49)38-11-5-4-6-12-38)55(40-25-20-36(21-26-40)52-54-48-15-9-10-16-51(48)57-52)39-23-18-35(19-24-39)37-22-28-43-42-13-7-8-14-46(42)53(2,3)47(43)32-37/h4-33H,1-3H3. The van der Waals surface area contributed by atoms with Gasteiger partial charge in [-0.15, -0.1) is 0 Å². The van der Waals surface area contributed by atoms with Crippen molar-refractivity contribution in [3.63, 3.8) is 0 Å². The fourth-order valence-corrected chi connectivity index (χ4v) is 9.00. The summed E-state index contributed by atoms with van der Waals surface area (Å²) in [6.45, 7) is 6.85. The molecule has 0 saturated heterocycles. The zero-order chi connectivity index (χ0) is 38.3. The third-order valence-corrected chi connectivity index (χ3v) is 11.9. The minimum atomic E-state index is -0.0520. The van der Waals surface area contributed by atoms with Gasteiger partial charge in [0.15, 0.2) is 5.58 Å². The molecule has 0 saturated carbocycles. The molecule has 0 aliphatic heterocycles. The number of oxazole rings is 1. The number of aromatic nitrogens is 2. The number of para-hydroxylation sites is 3. The molecule has 1 aliphatic carbocycles. The zero-order valence-corrected chi connectivity index (χ0v) is 32.1. The third-order valence-electron chi connectivity index (χ3n) is 11.9. The highest BCUT2D eigenvalue weighted by Gasteiger charge is 2.35. The monoisotopic (exact) mass is 733 g/mol. The minimum Gasteiger partial charge on any atom is -0.436 e. The molecule has 0 spiro atoms. The number of rotatable bonds is 6. The molecule has 0 fully saturated rings. The van der Waals surface area contributed by atoms with Crippen molar-refractivity contribution in [2.24, 2.45) is 0 Å². The normalized spacial score (nSPS) is 13.0. The summed E-state index contributed by atoms with van der Waals surface area (Å²) in [7, 11) is 0. The van der Waals surface area contributed by atoms with Gasteiger partial charge in [0, 0.05) is 44.5 Å². The Hall–Kier alpha value is -7.17. The Morgan fingerprint density at radius 2 is 1.12 bits per heavy atom. The number of benzene rings is 8. The van der Waals surface area contributed by atoms with E-state index >= 15 is 0 Å². The highest BCUT2D eigenvalue weighted by atomic mass is 16.3. The van der Waals surface area contributed by atoms with Crippen molar-refractivity contribution in [1.82, 2.24) is 9.55 Å². The molecule has 4 heteroatoms. The molecule has 0 N–H and O–H groups in total. The number of hydrogen-bond acceptors (Lipinski definition) is 3. The van der Waals surface area contributed by atoms with E-state index in [1.54, 1.807) is 0 Å². The van der Waals surface area contributed by atoms with Crippen LogP contribution >= 0.6 is 0 Å². The van der Waals surface area contributed by atoms with Gasteiger partial charge in [0.05, 0.1) is 11.0 Å². The summed E-state index contributed by atoms with van der Waals surface area (Å²) in [6.07, 6.45) is 0. The molecule has 57 heavy (non-hydrogen) atoms. The molecular formula is C53H39N3O. The fraction of sp³-hybridized carbons (Fsp3) is 0.0755. The zero-order valence-electron chi connectivity index (χ0n) is 32.1. The van der Waals surface area contributed by atoms with E-state index in [0.29, 0.717) is 5.89 Å². The second kappa shape index (κ2) is 12.7. The maximum atomic E-state index is 6.15. The Bertz CT molecular complexity index is 3120. The Morgan fingerprint density at radius 3 is 1.89 bits per heavy atom. The van der Waals surface area contributed by atoms with Crippen LogP contribution in [-0.2, 0) is 5.41 Å². The molecule has 4 nitrogen and oxygen atoms in total. The molecule has 2 heterocycles. The van der Waals surface area contributed by atoms with Crippen LogP contribution in [0.4, 0.5) is 17.1 Å². The van der Waals surface area contributed by atoms with Gasteiger partial charge < -0.3 is 13.9 Å². The number of fused-ring (bicyclic) bond motifs is 7. The second-order valence-corrected chi connectivity index (χ2v) is 15.7. The molecule has 0 unspecified atom stereocenters. The third kappa shape index (κ3) is 5.32. The van der Waals surface area contributed by atoms with Gasteiger partial charge in [0.2, 0.25) is 5.89 Å². The van der Waals surface area contributed by atoms with E-state index in [9.17, 15) is 0 Å².